The lowest BCUT2D eigenvalue weighted by Gasteiger charge is -2.30. The number of benzene rings is 1. The lowest BCUT2D eigenvalue weighted by atomic mass is 9.85. The molecule has 6 atom stereocenters. The zero-order valence-corrected chi connectivity index (χ0v) is 19.7. The first kappa shape index (κ1) is 23.9. The van der Waals surface area contributed by atoms with Gasteiger partial charge in [-0.1, -0.05) is 42.5 Å². The second kappa shape index (κ2) is 9.21. The summed E-state index contributed by atoms with van der Waals surface area (Å²) in [7, 11) is 0. The van der Waals surface area contributed by atoms with Gasteiger partial charge in [-0.15, -0.1) is 5.06 Å². The van der Waals surface area contributed by atoms with Crippen LogP contribution in [0.15, 0.2) is 42.5 Å². The Morgan fingerprint density at radius 1 is 1.06 bits per heavy atom. The number of amides is 3. The predicted molar refractivity (Wildman–Crippen MR) is 120 cm³/mol. The summed E-state index contributed by atoms with van der Waals surface area (Å²) in [6.45, 7) is 7.01. The zero-order chi connectivity index (χ0) is 24.6. The van der Waals surface area contributed by atoms with Gasteiger partial charge in [0.15, 0.2) is 6.04 Å². The van der Waals surface area contributed by atoms with E-state index in [0.29, 0.717) is 5.06 Å². The minimum absolute atomic E-state index is 0.00514. The van der Waals surface area contributed by atoms with Gasteiger partial charge >= 0.3 is 12.1 Å². The van der Waals surface area contributed by atoms with E-state index >= 15 is 0 Å². The quantitative estimate of drug-likeness (QED) is 0.482. The Kier molecular flexibility index (Phi) is 6.49. The molecule has 34 heavy (non-hydrogen) atoms. The van der Waals surface area contributed by atoms with Crippen LogP contribution < -0.4 is 5.32 Å². The number of hydrogen-bond acceptors (Lipinski definition) is 7. The van der Waals surface area contributed by atoms with Crippen molar-refractivity contribution in [3.63, 3.8) is 0 Å². The molecule has 0 aromatic heterocycles. The third-order valence-electron chi connectivity index (χ3n) is 6.36. The van der Waals surface area contributed by atoms with Gasteiger partial charge in [0.2, 0.25) is 0 Å². The van der Waals surface area contributed by atoms with Crippen LogP contribution in [0.3, 0.4) is 0 Å². The summed E-state index contributed by atoms with van der Waals surface area (Å²) in [5.74, 6) is -3.04. The number of rotatable bonds is 7. The van der Waals surface area contributed by atoms with Gasteiger partial charge in [0, 0.05) is 0 Å². The van der Waals surface area contributed by atoms with Crippen molar-refractivity contribution in [1.82, 2.24) is 10.4 Å². The van der Waals surface area contributed by atoms with Crippen molar-refractivity contribution in [3.05, 3.63) is 48.0 Å². The summed E-state index contributed by atoms with van der Waals surface area (Å²) in [4.78, 5) is 56.6. The van der Waals surface area contributed by atoms with Crippen LogP contribution in [0.5, 0.6) is 0 Å². The van der Waals surface area contributed by atoms with Crippen LogP contribution in [0.2, 0.25) is 0 Å². The van der Waals surface area contributed by atoms with Crippen molar-refractivity contribution < 1.29 is 33.5 Å². The summed E-state index contributed by atoms with van der Waals surface area (Å²) < 4.78 is 11.1. The Bertz CT molecular complexity index is 970. The molecule has 0 spiro atoms. The molecule has 1 aliphatic heterocycles. The van der Waals surface area contributed by atoms with E-state index in [0.717, 1.165) is 12.0 Å². The van der Waals surface area contributed by atoms with Crippen LogP contribution in [0.1, 0.15) is 39.7 Å². The van der Waals surface area contributed by atoms with E-state index in [1.807, 2.05) is 30.4 Å². The Hall–Kier alpha value is -3.20. The maximum absolute atomic E-state index is 13.1. The number of nitrogens with one attached hydrogen (secondary N) is 1. The zero-order valence-electron chi connectivity index (χ0n) is 19.7. The molecule has 1 heterocycles. The number of hydrogen-bond donors (Lipinski definition) is 1. The Morgan fingerprint density at radius 2 is 1.65 bits per heavy atom. The van der Waals surface area contributed by atoms with E-state index < -0.39 is 53.5 Å². The third-order valence-corrected chi connectivity index (χ3v) is 6.36. The lowest BCUT2D eigenvalue weighted by Crippen LogP contribution is -2.53. The number of nitrogens with zero attached hydrogens (tertiary/aromatic N) is 1. The van der Waals surface area contributed by atoms with Crippen molar-refractivity contribution in [3.8, 4) is 0 Å². The first-order chi connectivity index (χ1) is 16.0. The first-order valence-corrected chi connectivity index (χ1v) is 11.5. The standard InChI is InChI=1S/C25H30N2O7/c1-14(33-25(2,3)4)20(26-24(31)32-13-15-8-6-5-7-9-15)23(30)34-27-21(28)18-16-10-11-17(12-16)19(18)22(27)29/h5-11,14,16-20H,12-13H2,1-4H3,(H,26,31)/t14-,16-,17-,18+,19+,20-/m0/s1. The van der Waals surface area contributed by atoms with Crippen molar-refractivity contribution in [2.45, 2.75) is 58.5 Å². The van der Waals surface area contributed by atoms with Crippen LogP contribution in [0, 0.1) is 23.7 Å². The maximum Gasteiger partial charge on any atom is 0.408 e. The highest BCUT2D eigenvalue weighted by Gasteiger charge is 2.61. The smallest absolute Gasteiger partial charge is 0.408 e. The van der Waals surface area contributed by atoms with E-state index in [4.69, 9.17) is 14.3 Å². The molecule has 1 saturated carbocycles. The van der Waals surface area contributed by atoms with E-state index in [9.17, 15) is 19.2 Å². The highest BCUT2D eigenvalue weighted by Crippen LogP contribution is 2.52. The Balaban J connectivity index is 1.44. The molecule has 182 valence electrons. The van der Waals surface area contributed by atoms with Crippen LogP contribution in [0.25, 0.3) is 0 Å². The predicted octanol–water partition coefficient (Wildman–Crippen LogP) is 2.75. The molecule has 0 unspecified atom stereocenters. The van der Waals surface area contributed by atoms with Crippen LogP contribution in [0.4, 0.5) is 4.79 Å². The maximum atomic E-state index is 13.1. The number of ether oxygens (including phenoxy) is 2. The minimum Gasteiger partial charge on any atom is -0.445 e. The molecule has 2 aliphatic carbocycles. The van der Waals surface area contributed by atoms with Crippen molar-refractivity contribution in [2.75, 3.05) is 0 Å². The van der Waals surface area contributed by atoms with Crippen molar-refractivity contribution in [2.24, 2.45) is 23.7 Å². The molecule has 3 aliphatic rings. The number of carbonyl (C=O) groups is 4. The fourth-order valence-electron chi connectivity index (χ4n) is 5.00. The van der Waals surface area contributed by atoms with Gasteiger partial charge in [-0.3, -0.25) is 9.59 Å². The van der Waals surface area contributed by atoms with Gasteiger partial charge in [0.05, 0.1) is 23.5 Å². The van der Waals surface area contributed by atoms with Crippen molar-refractivity contribution >= 4 is 23.9 Å². The average molecular weight is 471 g/mol. The molecule has 9 heteroatoms. The number of fused-ring (bicyclic) bond motifs is 5. The largest absolute Gasteiger partial charge is 0.445 e. The number of carbonyl (C=O) groups excluding carboxylic acids is 4. The fourth-order valence-corrected chi connectivity index (χ4v) is 5.00. The molecule has 2 bridgehead atoms. The van der Waals surface area contributed by atoms with Crippen LogP contribution in [-0.2, 0) is 35.3 Å². The molecule has 1 aromatic rings. The van der Waals surface area contributed by atoms with E-state index in [1.54, 1.807) is 39.8 Å². The average Bonchev–Trinajstić information content (AvgIpc) is 3.45. The molecule has 1 saturated heterocycles. The van der Waals surface area contributed by atoms with Gasteiger partial charge in [-0.05, 0) is 51.5 Å². The van der Waals surface area contributed by atoms with E-state index in [-0.39, 0.29) is 18.4 Å². The second-order valence-corrected chi connectivity index (χ2v) is 10.0. The van der Waals surface area contributed by atoms with Crippen molar-refractivity contribution in [1.29, 1.82) is 0 Å². The summed E-state index contributed by atoms with van der Waals surface area (Å²) >= 11 is 0. The summed E-state index contributed by atoms with van der Waals surface area (Å²) in [5.41, 5.74) is 0.146. The molecule has 0 radical (unpaired) electrons. The van der Waals surface area contributed by atoms with E-state index in [1.165, 1.54) is 0 Å². The highest BCUT2D eigenvalue weighted by atomic mass is 16.7. The SMILES string of the molecule is C[C@H](OC(C)(C)C)[C@H](NC(=O)OCc1ccccc1)C(=O)ON1C(=O)[C@H]2[C@H](C1=O)[C@H]1C=C[C@H]2C1. The van der Waals surface area contributed by atoms with Gasteiger partial charge in [0.25, 0.3) is 11.8 Å². The molecule has 1 aromatic carbocycles. The highest BCUT2D eigenvalue weighted by molar-refractivity contribution is 6.06. The molecule has 3 amide bonds. The van der Waals surface area contributed by atoms with Gasteiger partial charge in [-0.2, -0.15) is 0 Å². The molecular formula is C25H30N2O7. The Morgan fingerprint density at radius 3 is 2.21 bits per heavy atom. The normalized spacial score (nSPS) is 26.9. The Labute approximate surface area is 198 Å². The summed E-state index contributed by atoms with van der Waals surface area (Å²) in [5, 5.41) is 3.04. The van der Waals surface area contributed by atoms with Gasteiger partial charge in [0.1, 0.15) is 6.61 Å². The molecule has 4 rings (SSSR count). The number of allylic oxidation sites excluding steroid dienone is 2. The molecular weight excluding hydrogens is 440 g/mol. The topological polar surface area (TPSA) is 111 Å². The summed E-state index contributed by atoms with van der Waals surface area (Å²) in [6, 6.07) is 7.77. The molecule has 2 fully saturated rings. The van der Waals surface area contributed by atoms with Crippen LogP contribution in [-0.4, -0.2) is 46.7 Å². The fraction of sp³-hybridized carbons (Fsp3) is 0.520. The summed E-state index contributed by atoms with van der Waals surface area (Å²) in [6.07, 6.45) is 2.99. The number of alkyl carbamates (subject to hydrolysis) is 1. The second-order valence-electron chi connectivity index (χ2n) is 10.0. The third kappa shape index (κ3) is 4.84. The number of imide groups is 1. The lowest BCUT2D eigenvalue weighted by molar-refractivity contribution is -0.204. The number of hydroxylamine groups is 2. The van der Waals surface area contributed by atoms with Crippen LogP contribution >= 0.6 is 0 Å². The minimum atomic E-state index is -1.31. The van der Waals surface area contributed by atoms with Gasteiger partial charge in [-0.25, -0.2) is 9.59 Å². The van der Waals surface area contributed by atoms with Gasteiger partial charge < -0.3 is 19.6 Å². The van der Waals surface area contributed by atoms with E-state index in [2.05, 4.69) is 5.32 Å². The first-order valence-electron chi connectivity index (χ1n) is 11.5. The monoisotopic (exact) mass is 470 g/mol. The molecule has 9 nitrogen and oxygen atoms in total. The molecule has 1 N–H and O–H groups in total.